The molecule has 0 fully saturated rings. The molecule has 1 unspecified atom stereocenters. The van der Waals surface area contributed by atoms with E-state index in [1.165, 1.54) is 22.3 Å². The first-order valence-electron chi connectivity index (χ1n) is 7.30. The Bertz CT molecular complexity index is 597. The predicted octanol–water partition coefficient (Wildman–Crippen LogP) is 4.63. The van der Waals surface area contributed by atoms with Gasteiger partial charge >= 0.3 is 8.03 Å². The van der Waals surface area contributed by atoms with E-state index >= 15 is 0 Å². The molecule has 1 atom stereocenters. The zero-order valence-corrected chi connectivity index (χ0v) is 13.8. The maximum absolute atomic E-state index is 12.0. The van der Waals surface area contributed by atoms with Crippen LogP contribution in [0.2, 0.25) is 0 Å². The highest BCUT2D eigenvalue weighted by atomic mass is 31.1. The highest BCUT2D eigenvalue weighted by Gasteiger charge is 2.20. The molecule has 0 spiro atoms. The fourth-order valence-electron chi connectivity index (χ4n) is 2.62. The topological polar surface area (TPSA) is 26.3 Å². The monoisotopic (exact) mass is 301 g/mol. The molecule has 21 heavy (non-hydrogen) atoms. The third-order valence-electron chi connectivity index (χ3n) is 3.59. The summed E-state index contributed by atoms with van der Waals surface area (Å²) in [7, 11) is -1.73. The normalized spacial score (nSPS) is 11.5. The summed E-state index contributed by atoms with van der Waals surface area (Å²) in [5, 5.41) is 0.759. The molecule has 0 aliphatic rings. The van der Waals surface area contributed by atoms with Crippen LogP contribution in [0.3, 0.4) is 0 Å². The van der Waals surface area contributed by atoms with Crippen LogP contribution in [-0.4, -0.2) is 6.61 Å². The van der Waals surface area contributed by atoms with Gasteiger partial charge in [-0.3, -0.25) is 0 Å². The van der Waals surface area contributed by atoms with Gasteiger partial charge in [-0.2, -0.15) is 0 Å². The summed E-state index contributed by atoms with van der Waals surface area (Å²) in [4.78, 5) is 0. The SMILES string of the molecule is Cc1cc(C)c(CCCO[P+](=O)c2ccccc2)c(C)c1. The average Bonchev–Trinajstić information content (AvgIpc) is 2.46. The van der Waals surface area contributed by atoms with E-state index in [1.807, 2.05) is 30.3 Å². The van der Waals surface area contributed by atoms with E-state index in [9.17, 15) is 4.57 Å². The first-order valence-corrected chi connectivity index (χ1v) is 8.47. The van der Waals surface area contributed by atoms with Crippen LogP contribution in [0.1, 0.15) is 28.7 Å². The average molecular weight is 301 g/mol. The maximum Gasteiger partial charge on any atom is 0.548 e. The second kappa shape index (κ2) is 7.49. The van der Waals surface area contributed by atoms with Gasteiger partial charge in [-0.25, -0.2) is 0 Å². The summed E-state index contributed by atoms with van der Waals surface area (Å²) in [6.07, 6.45) is 1.86. The minimum Gasteiger partial charge on any atom is -0.142 e. The molecule has 3 heteroatoms. The van der Waals surface area contributed by atoms with Crippen LogP contribution in [0, 0.1) is 20.8 Å². The molecule has 2 aromatic carbocycles. The highest BCUT2D eigenvalue weighted by molar-refractivity contribution is 7.48. The number of benzene rings is 2. The van der Waals surface area contributed by atoms with E-state index in [1.54, 1.807) is 0 Å². The van der Waals surface area contributed by atoms with Crippen molar-refractivity contribution >= 4 is 13.3 Å². The van der Waals surface area contributed by atoms with Crippen LogP contribution in [-0.2, 0) is 15.5 Å². The lowest BCUT2D eigenvalue weighted by atomic mass is 9.96. The summed E-state index contributed by atoms with van der Waals surface area (Å²) in [6.45, 7) is 6.95. The molecule has 0 radical (unpaired) electrons. The molecule has 0 N–H and O–H groups in total. The van der Waals surface area contributed by atoms with E-state index < -0.39 is 8.03 Å². The zero-order chi connectivity index (χ0) is 15.2. The van der Waals surface area contributed by atoms with Gasteiger partial charge < -0.3 is 0 Å². The van der Waals surface area contributed by atoms with Crippen molar-refractivity contribution in [1.29, 1.82) is 0 Å². The van der Waals surface area contributed by atoms with Gasteiger partial charge in [-0.15, -0.1) is 4.52 Å². The number of hydrogen-bond donors (Lipinski definition) is 0. The molecule has 0 bridgehead atoms. The molecule has 0 aliphatic carbocycles. The molecule has 0 aromatic heterocycles. The molecule has 0 saturated carbocycles. The molecule has 2 nitrogen and oxygen atoms in total. The highest BCUT2D eigenvalue weighted by Crippen LogP contribution is 2.23. The Morgan fingerprint density at radius 2 is 1.62 bits per heavy atom. The Morgan fingerprint density at radius 1 is 1.00 bits per heavy atom. The minimum atomic E-state index is -1.73. The van der Waals surface area contributed by atoms with Crippen molar-refractivity contribution in [3.05, 3.63) is 64.7 Å². The zero-order valence-electron chi connectivity index (χ0n) is 12.9. The van der Waals surface area contributed by atoms with Crippen molar-refractivity contribution < 1.29 is 9.09 Å². The van der Waals surface area contributed by atoms with Crippen LogP contribution < -0.4 is 5.30 Å². The van der Waals surface area contributed by atoms with Crippen LogP contribution in [0.5, 0.6) is 0 Å². The summed E-state index contributed by atoms with van der Waals surface area (Å²) < 4.78 is 17.4. The molecule has 0 amide bonds. The molecular weight excluding hydrogens is 279 g/mol. The molecule has 2 rings (SSSR count). The lowest BCUT2D eigenvalue weighted by molar-refractivity contribution is 0.328. The Hall–Kier alpha value is -1.50. The van der Waals surface area contributed by atoms with Crippen molar-refractivity contribution in [2.45, 2.75) is 33.6 Å². The predicted molar refractivity (Wildman–Crippen MR) is 88.6 cm³/mol. The van der Waals surface area contributed by atoms with Crippen LogP contribution in [0.4, 0.5) is 0 Å². The van der Waals surface area contributed by atoms with Gasteiger partial charge in [0.1, 0.15) is 6.61 Å². The van der Waals surface area contributed by atoms with Crippen molar-refractivity contribution in [2.75, 3.05) is 6.61 Å². The molecule has 0 heterocycles. The van der Waals surface area contributed by atoms with Gasteiger partial charge in [-0.1, -0.05) is 35.9 Å². The van der Waals surface area contributed by atoms with Gasteiger partial charge in [-0.05, 0) is 67.0 Å². The first-order chi connectivity index (χ1) is 10.1. The molecular formula is C18H22O2P+. The van der Waals surface area contributed by atoms with Crippen LogP contribution in [0.15, 0.2) is 42.5 Å². The van der Waals surface area contributed by atoms with E-state index in [4.69, 9.17) is 4.52 Å². The van der Waals surface area contributed by atoms with Gasteiger partial charge in [0.2, 0.25) is 5.30 Å². The van der Waals surface area contributed by atoms with Gasteiger partial charge in [0.05, 0.1) is 0 Å². The Labute approximate surface area is 128 Å². The smallest absolute Gasteiger partial charge is 0.142 e. The van der Waals surface area contributed by atoms with Crippen LogP contribution >= 0.6 is 8.03 Å². The second-order valence-electron chi connectivity index (χ2n) is 5.41. The number of rotatable bonds is 6. The Balaban J connectivity index is 1.84. The number of hydrogen-bond acceptors (Lipinski definition) is 2. The third-order valence-corrected chi connectivity index (χ3v) is 4.72. The summed E-state index contributed by atoms with van der Waals surface area (Å²) in [5.41, 5.74) is 5.36. The Morgan fingerprint density at radius 3 is 2.24 bits per heavy atom. The van der Waals surface area contributed by atoms with Crippen molar-refractivity contribution in [1.82, 2.24) is 0 Å². The molecule has 110 valence electrons. The summed E-state index contributed by atoms with van der Waals surface area (Å²) >= 11 is 0. The maximum atomic E-state index is 12.0. The van der Waals surface area contributed by atoms with Crippen molar-refractivity contribution in [3.63, 3.8) is 0 Å². The van der Waals surface area contributed by atoms with Crippen molar-refractivity contribution in [3.8, 4) is 0 Å². The van der Waals surface area contributed by atoms with E-state index in [0.717, 1.165) is 18.1 Å². The van der Waals surface area contributed by atoms with E-state index in [-0.39, 0.29) is 0 Å². The van der Waals surface area contributed by atoms with Gasteiger partial charge in [0, 0.05) is 0 Å². The van der Waals surface area contributed by atoms with Crippen LogP contribution in [0.25, 0.3) is 0 Å². The quantitative estimate of drug-likeness (QED) is 0.574. The molecule has 0 saturated heterocycles. The molecule has 2 aromatic rings. The molecule has 0 aliphatic heterocycles. The minimum absolute atomic E-state index is 0.525. The van der Waals surface area contributed by atoms with E-state index in [0.29, 0.717) is 6.61 Å². The standard InChI is InChI=1S/C18H22O2P/c1-14-12-15(2)18(16(3)13-14)10-7-11-20-21(19)17-8-5-4-6-9-17/h4-6,8-9,12-13H,7,10-11H2,1-3H3/q+1. The van der Waals surface area contributed by atoms with E-state index in [2.05, 4.69) is 32.9 Å². The summed E-state index contributed by atoms with van der Waals surface area (Å²) in [6, 6.07) is 13.8. The fourth-order valence-corrected chi connectivity index (χ4v) is 3.48. The van der Waals surface area contributed by atoms with Gasteiger partial charge in [0.15, 0.2) is 0 Å². The first kappa shape index (κ1) is 15.9. The van der Waals surface area contributed by atoms with Crippen molar-refractivity contribution in [2.24, 2.45) is 0 Å². The lowest BCUT2D eigenvalue weighted by Gasteiger charge is -2.10. The Kier molecular flexibility index (Phi) is 5.67. The lowest BCUT2D eigenvalue weighted by Crippen LogP contribution is -2.01. The largest absolute Gasteiger partial charge is 0.548 e. The summed E-state index contributed by atoms with van der Waals surface area (Å²) in [5.74, 6) is 0. The second-order valence-corrected chi connectivity index (χ2v) is 6.70. The fraction of sp³-hybridized carbons (Fsp3) is 0.333. The third kappa shape index (κ3) is 4.49. The van der Waals surface area contributed by atoms with Gasteiger partial charge in [0.25, 0.3) is 0 Å². The number of aryl methyl sites for hydroxylation is 3.